The van der Waals surface area contributed by atoms with Crippen LogP contribution in [-0.2, 0) is 9.59 Å². The average Bonchev–Trinajstić information content (AvgIpc) is 2.38. The van der Waals surface area contributed by atoms with E-state index in [1.165, 1.54) is 6.08 Å². The minimum Gasteiger partial charge on any atom is -0.478 e. The second-order valence-electron chi connectivity index (χ2n) is 4.18. The fourth-order valence-electron chi connectivity index (χ4n) is 1.52. The first-order chi connectivity index (χ1) is 9.02. The van der Waals surface area contributed by atoms with E-state index in [4.69, 9.17) is 10.8 Å². The third-order valence-corrected chi connectivity index (χ3v) is 2.53. The molecule has 0 radical (unpaired) electrons. The minimum atomic E-state index is -0.997. The number of amides is 1. The molecule has 0 bridgehead atoms. The molecule has 0 fully saturated rings. The van der Waals surface area contributed by atoms with Gasteiger partial charge in [0.1, 0.15) is 0 Å². The van der Waals surface area contributed by atoms with Gasteiger partial charge < -0.3 is 16.2 Å². The lowest BCUT2D eigenvalue weighted by Crippen LogP contribution is -2.35. The zero-order valence-corrected chi connectivity index (χ0v) is 10.8. The van der Waals surface area contributed by atoms with E-state index >= 15 is 0 Å². The summed E-state index contributed by atoms with van der Waals surface area (Å²) >= 11 is 0. The summed E-state index contributed by atoms with van der Waals surface area (Å²) in [5, 5.41) is 11.2. The molecule has 102 valence electrons. The number of rotatable bonds is 6. The molecule has 1 atom stereocenters. The van der Waals surface area contributed by atoms with E-state index in [2.05, 4.69) is 5.32 Å². The van der Waals surface area contributed by atoms with Crippen LogP contribution in [0.15, 0.2) is 30.3 Å². The van der Waals surface area contributed by atoms with Crippen LogP contribution in [0.4, 0.5) is 5.69 Å². The minimum absolute atomic E-state index is 0.212. The third kappa shape index (κ3) is 5.35. The SMILES string of the molecule is CCC[C@@H](N)C(=O)Nc1ccc(/C=C/C(=O)O)cc1. The highest BCUT2D eigenvalue weighted by Crippen LogP contribution is 2.11. The van der Waals surface area contributed by atoms with Crippen molar-refractivity contribution in [3.63, 3.8) is 0 Å². The summed E-state index contributed by atoms with van der Waals surface area (Å²) < 4.78 is 0. The van der Waals surface area contributed by atoms with Gasteiger partial charge in [-0.05, 0) is 30.2 Å². The number of carbonyl (C=O) groups is 2. The van der Waals surface area contributed by atoms with Gasteiger partial charge in [0, 0.05) is 11.8 Å². The van der Waals surface area contributed by atoms with Gasteiger partial charge >= 0.3 is 5.97 Å². The number of carboxylic acids is 1. The summed E-state index contributed by atoms with van der Waals surface area (Å²) in [6.45, 7) is 1.97. The lowest BCUT2D eigenvalue weighted by molar-refractivity contribution is -0.131. The number of carbonyl (C=O) groups excluding carboxylic acids is 1. The van der Waals surface area contributed by atoms with Gasteiger partial charge in [0.15, 0.2) is 0 Å². The average molecular weight is 262 g/mol. The van der Waals surface area contributed by atoms with Crippen LogP contribution in [0.1, 0.15) is 25.3 Å². The van der Waals surface area contributed by atoms with Crippen molar-refractivity contribution in [2.45, 2.75) is 25.8 Å². The van der Waals surface area contributed by atoms with Crippen LogP contribution in [0.3, 0.4) is 0 Å². The fraction of sp³-hybridized carbons (Fsp3) is 0.286. The van der Waals surface area contributed by atoms with Gasteiger partial charge in [0.2, 0.25) is 5.91 Å². The number of benzene rings is 1. The predicted molar refractivity (Wildman–Crippen MR) is 74.6 cm³/mol. The van der Waals surface area contributed by atoms with Gasteiger partial charge in [-0.15, -0.1) is 0 Å². The maximum absolute atomic E-state index is 11.7. The first-order valence-electron chi connectivity index (χ1n) is 6.10. The molecule has 4 N–H and O–H groups in total. The zero-order chi connectivity index (χ0) is 14.3. The molecule has 0 unspecified atom stereocenters. The van der Waals surface area contributed by atoms with Crippen LogP contribution in [0, 0.1) is 0 Å². The number of aliphatic carboxylic acids is 1. The maximum Gasteiger partial charge on any atom is 0.328 e. The summed E-state index contributed by atoms with van der Waals surface area (Å²) in [7, 11) is 0. The highest BCUT2D eigenvalue weighted by molar-refractivity contribution is 5.94. The third-order valence-electron chi connectivity index (χ3n) is 2.53. The maximum atomic E-state index is 11.7. The molecule has 0 saturated carbocycles. The molecular formula is C14H18N2O3. The largest absolute Gasteiger partial charge is 0.478 e. The van der Waals surface area contributed by atoms with Crippen molar-refractivity contribution < 1.29 is 14.7 Å². The van der Waals surface area contributed by atoms with Crippen molar-refractivity contribution in [2.75, 3.05) is 5.32 Å². The topological polar surface area (TPSA) is 92.4 Å². The lowest BCUT2D eigenvalue weighted by Gasteiger charge is -2.11. The number of nitrogens with one attached hydrogen (secondary N) is 1. The van der Waals surface area contributed by atoms with E-state index in [1.807, 2.05) is 6.92 Å². The van der Waals surface area contributed by atoms with E-state index in [0.717, 1.165) is 18.1 Å². The number of hydrogen-bond acceptors (Lipinski definition) is 3. The molecule has 1 rings (SSSR count). The molecule has 0 aliphatic heterocycles. The number of hydrogen-bond donors (Lipinski definition) is 3. The molecule has 0 spiro atoms. The first kappa shape index (κ1) is 14.9. The van der Waals surface area contributed by atoms with Crippen LogP contribution in [-0.4, -0.2) is 23.0 Å². The summed E-state index contributed by atoms with van der Waals surface area (Å²) in [5.41, 5.74) is 7.09. The van der Waals surface area contributed by atoms with Gasteiger partial charge in [0.05, 0.1) is 6.04 Å². The summed E-state index contributed by atoms with van der Waals surface area (Å²) in [5.74, 6) is -1.21. The van der Waals surface area contributed by atoms with Crippen molar-refractivity contribution in [2.24, 2.45) is 5.73 Å². The van der Waals surface area contributed by atoms with Gasteiger partial charge in [0.25, 0.3) is 0 Å². The molecule has 19 heavy (non-hydrogen) atoms. The highest BCUT2D eigenvalue weighted by Gasteiger charge is 2.11. The molecule has 1 aromatic rings. The van der Waals surface area contributed by atoms with E-state index in [9.17, 15) is 9.59 Å². The molecule has 0 aliphatic carbocycles. The van der Waals surface area contributed by atoms with Crippen molar-refractivity contribution in [1.82, 2.24) is 0 Å². The van der Waals surface area contributed by atoms with Gasteiger partial charge in [-0.2, -0.15) is 0 Å². The Morgan fingerprint density at radius 1 is 1.37 bits per heavy atom. The Labute approximate surface area is 112 Å². The molecule has 0 aliphatic rings. The summed E-state index contributed by atoms with van der Waals surface area (Å²) in [6.07, 6.45) is 4.04. The van der Waals surface area contributed by atoms with E-state index in [-0.39, 0.29) is 5.91 Å². The van der Waals surface area contributed by atoms with Gasteiger partial charge in [-0.3, -0.25) is 4.79 Å². The second-order valence-corrected chi connectivity index (χ2v) is 4.18. The molecular weight excluding hydrogens is 244 g/mol. The smallest absolute Gasteiger partial charge is 0.328 e. The van der Waals surface area contributed by atoms with Crippen LogP contribution >= 0.6 is 0 Å². The van der Waals surface area contributed by atoms with Gasteiger partial charge in [-0.25, -0.2) is 4.79 Å². The van der Waals surface area contributed by atoms with Crippen LogP contribution < -0.4 is 11.1 Å². The number of carboxylic acid groups (broad SMARTS) is 1. The zero-order valence-electron chi connectivity index (χ0n) is 10.8. The lowest BCUT2D eigenvalue weighted by atomic mass is 10.1. The quantitative estimate of drug-likeness (QED) is 0.682. The highest BCUT2D eigenvalue weighted by atomic mass is 16.4. The first-order valence-corrected chi connectivity index (χ1v) is 6.10. The standard InChI is InChI=1S/C14H18N2O3/c1-2-3-12(15)14(19)16-11-7-4-10(5-8-11)6-9-13(17)18/h4-9,12H,2-3,15H2,1H3,(H,16,19)(H,17,18)/b9-6+/t12-/m1/s1. The van der Waals surface area contributed by atoms with E-state index in [0.29, 0.717) is 12.1 Å². The molecule has 0 heterocycles. The fourth-order valence-corrected chi connectivity index (χ4v) is 1.52. The van der Waals surface area contributed by atoms with Crippen molar-refractivity contribution in [3.05, 3.63) is 35.9 Å². The van der Waals surface area contributed by atoms with Crippen molar-refractivity contribution in [3.8, 4) is 0 Å². The van der Waals surface area contributed by atoms with Crippen LogP contribution in [0.2, 0.25) is 0 Å². The Morgan fingerprint density at radius 2 is 2.00 bits per heavy atom. The molecule has 0 aromatic heterocycles. The second kappa shape index (κ2) is 7.33. The van der Waals surface area contributed by atoms with Gasteiger partial charge in [-0.1, -0.05) is 25.5 Å². The molecule has 0 saturated heterocycles. The Balaban J connectivity index is 2.62. The van der Waals surface area contributed by atoms with Crippen molar-refractivity contribution in [1.29, 1.82) is 0 Å². The van der Waals surface area contributed by atoms with Crippen LogP contribution in [0.5, 0.6) is 0 Å². The molecule has 5 nitrogen and oxygen atoms in total. The Morgan fingerprint density at radius 3 is 2.53 bits per heavy atom. The summed E-state index contributed by atoms with van der Waals surface area (Å²) in [4.78, 5) is 22.0. The summed E-state index contributed by atoms with van der Waals surface area (Å²) in [6, 6.07) is 6.35. The molecule has 1 aromatic carbocycles. The molecule has 1 amide bonds. The van der Waals surface area contributed by atoms with Crippen molar-refractivity contribution >= 4 is 23.6 Å². The van der Waals surface area contributed by atoms with E-state index in [1.54, 1.807) is 24.3 Å². The number of nitrogens with two attached hydrogens (primary N) is 1. The molecule has 5 heteroatoms. The predicted octanol–water partition coefficient (Wildman–Crippen LogP) is 1.85. The number of anilines is 1. The van der Waals surface area contributed by atoms with Crippen LogP contribution in [0.25, 0.3) is 6.08 Å². The Bertz CT molecular complexity index is 466. The van der Waals surface area contributed by atoms with E-state index < -0.39 is 12.0 Å². The monoisotopic (exact) mass is 262 g/mol. The normalized spacial score (nSPS) is 12.3. The Kier molecular flexibility index (Phi) is 5.75. The Hall–Kier alpha value is -2.14.